The van der Waals surface area contributed by atoms with Gasteiger partial charge in [-0.15, -0.1) is 0 Å². The number of nitrogens with zero attached hydrogens (tertiary/aromatic N) is 2. The Bertz CT molecular complexity index is 1100. The Balaban J connectivity index is 1.53. The Labute approximate surface area is 204 Å². The van der Waals surface area contributed by atoms with Crippen LogP contribution in [0.3, 0.4) is 0 Å². The molecule has 2 aromatic carbocycles. The number of para-hydroxylation sites is 1. The summed E-state index contributed by atoms with van der Waals surface area (Å²) in [6.07, 6.45) is 5.07. The molecule has 0 saturated heterocycles. The third-order valence-corrected chi connectivity index (χ3v) is 7.64. The van der Waals surface area contributed by atoms with Crippen molar-refractivity contribution >= 4 is 35.1 Å². The summed E-state index contributed by atoms with van der Waals surface area (Å²) >= 11 is 6.05. The summed E-state index contributed by atoms with van der Waals surface area (Å²) < 4.78 is 4.76. The highest BCUT2D eigenvalue weighted by atomic mass is 35.5. The van der Waals surface area contributed by atoms with E-state index in [4.69, 9.17) is 16.3 Å². The molecule has 2 aromatic rings. The van der Waals surface area contributed by atoms with Crippen molar-refractivity contribution in [2.24, 2.45) is 5.92 Å². The van der Waals surface area contributed by atoms with E-state index >= 15 is 0 Å². The average Bonchev–Trinajstić information content (AvgIpc) is 3.57. The van der Waals surface area contributed by atoms with Gasteiger partial charge in [0.15, 0.2) is 0 Å². The molecule has 0 aromatic heterocycles. The van der Waals surface area contributed by atoms with Crippen molar-refractivity contribution in [2.45, 2.75) is 63.1 Å². The highest BCUT2D eigenvalue weighted by Crippen LogP contribution is 2.52. The van der Waals surface area contributed by atoms with Crippen LogP contribution >= 0.6 is 11.6 Å². The molecule has 5 rings (SSSR count). The van der Waals surface area contributed by atoms with Gasteiger partial charge >= 0.3 is 5.97 Å². The van der Waals surface area contributed by atoms with Crippen molar-refractivity contribution in [3.05, 3.63) is 64.7 Å². The fourth-order valence-electron chi connectivity index (χ4n) is 5.75. The molecule has 2 aliphatic carbocycles. The van der Waals surface area contributed by atoms with Gasteiger partial charge in [-0.2, -0.15) is 0 Å². The normalized spacial score (nSPS) is 23.1. The SMILES string of the molecule is COC(=O)CCC(=O)N(C1CC1)[C@H]1c2ccccc2N(C(=O)c2ccc(Cl)cc2)[C@@H]2CCC[C@@H]21. The predicted molar refractivity (Wildman–Crippen MR) is 130 cm³/mol. The average molecular weight is 481 g/mol. The van der Waals surface area contributed by atoms with Crippen molar-refractivity contribution < 1.29 is 19.1 Å². The second kappa shape index (κ2) is 9.41. The highest BCUT2D eigenvalue weighted by Gasteiger charge is 2.51. The Morgan fingerprint density at radius 3 is 2.44 bits per heavy atom. The van der Waals surface area contributed by atoms with Gasteiger partial charge in [0.2, 0.25) is 5.91 Å². The van der Waals surface area contributed by atoms with Crippen molar-refractivity contribution in [3.63, 3.8) is 0 Å². The van der Waals surface area contributed by atoms with Crippen LogP contribution in [0.25, 0.3) is 0 Å². The minimum atomic E-state index is -0.369. The molecule has 0 N–H and O–H groups in total. The first-order valence-electron chi connectivity index (χ1n) is 12.1. The number of benzene rings is 2. The number of fused-ring (bicyclic) bond motifs is 2. The number of anilines is 1. The van der Waals surface area contributed by atoms with Crippen LogP contribution in [0, 0.1) is 5.92 Å². The summed E-state index contributed by atoms with van der Waals surface area (Å²) in [5.41, 5.74) is 2.50. The van der Waals surface area contributed by atoms with E-state index in [9.17, 15) is 14.4 Å². The van der Waals surface area contributed by atoms with Crippen LogP contribution in [0.2, 0.25) is 5.02 Å². The Kier molecular flexibility index (Phi) is 6.34. The van der Waals surface area contributed by atoms with Gasteiger partial charge < -0.3 is 14.5 Å². The monoisotopic (exact) mass is 480 g/mol. The lowest BCUT2D eigenvalue weighted by Gasteiger charge is -2.48. The Morgan fingerprint density at radius 2 is 1.74 bits per heavy atom. The molecular formula is C27H29ClN2O4. The zero-order valence-electron chi connectivity index (χ0n) is 19.3. The highest BCUT2D eigenvalue weighted by molar-refractivity contribution is 6.30. The maximum atomic E-state index is 13.7. The third-order valence-electron chi connectivity index (χ3n) is 7.39. The summed E-state index contributed by atoms with van der Waals surface area (Å²) in [5.74, 6) is -0.245. The summed E-state index contributed by atoms with van der Waals surface area (Å²) in [4.78, 5) is 42.9. The second-order valence-electron chi connectivity index (χ2n) is 9.46. The standard InChI is InChI=1S/C27H29ClN2O4/c1-34-25(32)16-15-24(31)29(19-13-14-19)26-20-5-2-3-7-22(20)30(23-8-4-6-21(23)26)27(33)17-9-11-18(28)12-10-17/h2-3,5,7,9-12,19,21,23,26H,4,6,8,13-16H2,1H3/t21-,23+,26-/m0/s1. The summed E-state index contributed by atoms with van der Waals surface area (Å²) in [6, 6.07) is 15.2. The van der Waals surface area contributed by atoms with Crippen molar-refractivity contribution in [1.82, 2.24) is 4.90 Å². The molecule has 0 bridgehead atoms. The van der Waals surface area contributed by atoms with Gasteiger partial charge in [-0.05, 0) is 61.6 Å². The number of halogens is 1. The minimum absolute atomic E-state index is 0.00386. The van der Waals surface area contributed by atoms with Gasteiger partial charge in [-0.3, -0.25) is 14.4 Å². The van der Waals surface area contributed by atoms with Gasteiger partial charge in [0, 0.05) is 40.7 Å². The van der Waals surface area contributed by atoms with Crippen molar-refractivity contribution in [2.75, 3.05) is 12.0 Å². The lowest BCUT2D eigenvalue weighted by atomic mass is 9.81. The zero-order valence-corrected chi connectivity index (χ0v) is 20.0. The molecule has 2 saturated carbocycles. The van der Waals surface area contributed by atoms with E-state index in [2.05, 4.69) is 6.07 Å². The first-order valence-corrected chi connectivity index (χ1v) is 12.4. The lowest BCUT2D eigenvalue weighted by molar-refractivity contribution is -0.145. The summed E-state index contributed by atoms with van der Waals surface area (Å²) in [5, 5.41) is 0.597. The van der Waals surface area contributed by atoms with Crippen LogP contribution < -0.4 is 4.90 Å². The molecule has 1 heterocycles. The van der Waals surface area contributed by atoms with Gasteiger partial charge in [0.05, 0.1) is 19.6 Å². The molecule has 7 heteroatoms. The van der Waals surface area contributed by atoms with Crippen LogP contribution in [-0.2, 0) is 14.3 Å². The molecule has 34 heavy (non-hydrogen) atoms. The Morgan fingerprint density at radius 1 is 1.00 bits per heavy atom. The number of hydrogen-bond acceptors (Lipinski definition) is 4. The number of hydrogen-bond donors (Lipinski definition) is 0. The maximum absolute atomic E-state index is 13.7. The number of ether oxygens (including phenoxy) is 1. The maximum Gasteiger partial charge on any atom is 0.306 e. The molecule has 2 fully saturated rings. The van der Waals surface area contributed by atoms with E-state index in [1.165, 1.54) is 7.11 Å². The van der Waals surface area contributed by atoms with Crippen LogP contribution in [0.4, 0.5) is 5.69 Å². The second-order valence-corrected chi connectivity index (χ2v) is 9.89. The first kappa shape index (κ1) is 22.9. The lowest BCUT2D eigenvalue weighted by Crippen LogP contribution is -2.52. The Hall–Kier alpha value is -2.86. The van der Waals surface area contributed by atoms with Gasteiger partial charge in [0.1, 0.15) is 0 Å². The van der Waals surface area contributed by atoms with E-state index in [1.54, 1.807) is 24.3 Å². The smallest absolute Gasteiger partial charge is 0.306 e. The molecule has 0 radical (unpaired) electrons. The summed E-state index contributed by atoms with van der Waals surface area (Å²) in [6.45, 7) is 0. The van der Waals surface area contributed by atoms with Crippen molar-refractivity contribution in [3.8, 4) is 0 Å². The summed E-state index contributed by atoms with van der Waals surface area (Å²) in [7, 11) is 1.35. The number of esters is 1. The van der Waals surface area contributed by atoms with Gasteiger partial charge in [0.25, 0.3) is 5.91 Å². The molecule has 1 aliphatic heterocycles. The number of amides is 2. The quantitative estimate of drug-likeness (QED) is 0.536. The zero-order chi connectivity index (χ0) is 23.8. The molecule has 0 unspecified atom stereocenters. The van der Waals surface area contributed by atoms with E-state index in [1.807, 2.05) is 28.0 Å². The molecule has 3 atom stereocenters. The van der Waals surface area contributed by atoms with E-state index in [0.29, 0.717) is 10.6 Å². The number of carbonyl (C=O) groups excluding carboxylic acids is 3. The van der Waals surface area contributed by atoms with Crippen LogP contribution in [0.1, 0.15) is 66.9 Å². The third kappa shape index (κ3) is 4.20. The first-order chi connectivity index (χ1) is 16.5. The van der Waals surface area contributed by atoms with Crippen LogP contribution in [0.15, 0.2) is 48.5 Å². The molecule has 0 spiro atoms. The molecular weight excluding hydrogens is 452 g/mol. The van der Waals surface area contributed by atoms with Crippen LogP contribution in [0.5, 0.6) is 0 Å². The predicted octanol–water partition coefficient (Wildman–Crippen LogP) is 5.15. The molecule has 178 valence electrons. The molecule has 2 amide bonds. The largest absolute Gasteiger partial charge is 0.469 e. The molecule has 3 aliphatic rings. The number of carbonyl (C=O) groups is 3. The van der Waals surface area contributed by atoms with E-state index in [0.717, 1.165) is 43.4 Å². The van der Waals surface area contributed by atoms with Crippen LogP contribution in [-0.4, -0.2) is 41.9 Å². The van der Waals surface area contributed by atoms with Crippen molar-refractivity contribution in [1.29, 1.82) is 0 Å². The number of rotatable bonds is 6. The number of methoxy groups -OCH3 is 1. The van der Waals surface area contributed by atoms with E-state index in [-0.39, 0.29) is 54.7 Å². The minimum Gasteiger partial charge on any atom is -0.469 e. The van der Waals surface area contributed by atoms with Gasteiger partial charge in [-0.1, -0.05) is 36.2 Å². The fraction of sp³-hybridized carbons (Fsp3) is 0.444. The topological polar surface area (TPSA) is 66.9 Å². The van der Waals surface area contributed by atoms with Gasteiger partial charge in [-0.25, -0.2) is 0 Å². The fourth-order valence-corrected chi connectivity index (χ4v) is 5.88. The molecule has 6 nitrogen and oxygen atoms in total. The van der Waals surface area contributed by atoms with E-state index < -0.39 is 0 Å².